The van der Waals surface area contributed by atoms with E-state index in [1.807, 2.05) is 0 Å². The predicted octanol–water partition coefficient (Wildman–Crippen LogP) is 0.575. The van der Waals surface area contributed by atoms with Crippen molar-refractivity contribution in [2.75, 3.05) is 18.0 Å². The van der Waals surface area contributed by atoms with E-state index in [9.17, 15) is 14.4 Å². The molecule has 1 aromatic heterocycles. The summed E-state index contributed by atoms with van der Waals surface area (Å²) in [7, 11) is 0. The molecule has 1 saturated heterocycles. The summed E-state index contributed by atoms with van der Waals surface area (Å²) in [5, 5.41) is 0. The molecule has 2 atom stereocenters. The van der Waals surface area contributed by atoms with Crippen LogP contribution in [0.3, 0.4) is 0 Å². The number of amides is 1. The SMILES string of the molecule is CCC(=O)C(N)[C@@H]1CN(c2ccc3c(c2)oc(=O)n3CCCN)C(=O)O1. The molecule has 1 fully saturated rings. The second-order valence-corrected chi connectivity index (χ2v) is 6.19. The molecular formula is C17H22N4O5. The molecule has 1 aliphatic heterocycles. The molecule has 140 valence electrons. The van der Waals surface area contributed by atoms with E-state index in [1.165, 1.54) is 9.47 Å². The minimum atomic E-state index is -0.854. The summed E-state index contributed by atoms with van der Waals surface area (Å²) in [6, 6.07) is 4.16. The first-order chi connectivity index (χ1) is 12.5. The highest BCUT2D eigenvalue weighted by Crippen LogP contribution is 2.26. The highest BCUT2D eigenvalue weighted by molar-refractivity contribution is 5.93. The van der Waals surface area contributed by atoms with Crippen molar-refractivity contribution >= 4 is 28.7 Å². The summed E-state index contributed by atoms with van der Waals surface area (Å²) in [4.78, 5) is 37.3. The Bertz CT molecular complexity index is 887. The lowest BCUT2D eigenvalue weighted by molar-refractivity contribution is -0.121. The normalized spacial score (nSPS) is 18.3. The first kappa shape index (κ1) is 18.2. The van der Waals surface area contributed by atoms with Crippen LogP contribution in [0.4, 0.5) is 10.5 Å². The van der Waals surface area contributed by atoms with Gasteiger partial charge in [0.05, 0.1) is 17.7 Å². The zero-order chi connectivity index (χ0) is 18.8. The number of benzene rings is 1. The van der Waals surface area contributed by atoms with Crippen LogP contribution in [0, 0.1) is 0 Å². The Kier molecular flexibility index (Phi) is 5.10. The van der Waals surface area contributed by atoms with Crippen LogP contribution >= 0.6 is 0 Å². The number of hydrogen-bond donors (Lipinski definition) is 2. The highest BCUT2D eigenvalue weighted by atomic mass is 16.6. The smallest absolute Gasteiger partial charge is 0.419 e. The maximum atomic E-state index is 12.2. The summed E-state index contributed by atoms with van der Waals surface area (Å²) in [5.41, 5.74) is 12.9. The third kappa shape index (κ3) is 3.23. The number of anilines is 1. The molecule has 0 spiro atoms. The van der Waals surface area contributed by atoms with E-state index in [0.717, 1.165) is 0 Å². The van der Waals surface area contributed by atoms with Crippen LogP contribution in [-0.4, -0.2) is 41.7 Å². The van der Waals surface area contributed by atoms with Crippen molar-refractivity contribution in [3.63, 3.8) is 0 Å². The number of aryl methyl sites for hydroxylation is 1. The molecule has 1 aliphatic rings. The number of Topliss-reactive ketones (excluding diaryl/α,β-unsaturated/α-hetero) is 1. The quantitative estimate of drug-likeness (QED) is 0.735. The van der Waals surface area contributed by atoms with Crippen molar-refractivity contribution in [1.29, 1.82) is 0 Å². The van der Waals surface area contributed by atoms with Crippen LogP contribution in [0.5, 0.6) is 0 Å². The van der Waals surface area contributed by atoms with Crippen LogP contribution in [0.15, 0.2) is 27.4 Å². The Hall–Kier alpha value is -2.65. The number of carbonyl (C=O) groups is 2. The second-order valence-electron chi connectivity index (χ2n) is 6.19. The van der Waals surface area contributed by atoms with Gasteiger partial charge in [-0.05, 0) is 25.1 Å². The van der Waals surface area contributed by atoms with Crippen LogP contribution in [0.25, 0.3) is 11.1 Å². The van der Waals surface area contributed by atoms with Gasteiger partial charge in [-0.3, -0.25) is 14.3 Å². The molecule has 0 aliphatic carbocycles. The second kappa shape index (κ2) is 7.30. The van der Waals surface area contributed by atoms with Gasteiger partial charge >= 0.3 is 11.8 Å². The number of nitrogens with zero attached hydrogens (tertiary/aromatic N) is 2. The van der Waals surface area contributed by atoms with E-state index >= 15 is 0 Å². The number of carbonyl (C=O) groups excluding carboxylic acids is 2. The average molecular weight is 362 g/mol. The van der Waals surface area contributed by atoms with Crippen LogP contribution in [-0.2, 0) is 16.1 Å². The lowest BCUT2D eigenvalue weighted by Gasteiger charge is -2.16. The summed E-state index contributed by atoms with van der Waals surface area (Å²) >= 11 is 0. The molecular weight excluding hydrogens is 340 g/mol. The number of ketones is 1. The zero-order valence-corrected chi connectivity index (χ0v) is 14.5. The molecule has 2 aromatic rings. The lowest BCUT2D eigenvalue weighted by Crippen LogP contribution is -2.43. The largest absolute Gasteiger partial charge is 0.442 e. The van der Waals surface area contributed by atoms with Crippen molar-refractivity contribution in [1.82, 2.24) is 4.57 Å². The Morgan fingerprint density at radius 1 is 1.38 bits per heavy atom. The van der Waals surface area contributed by atoms with Crippen LogP contribution in [0.2, 0.25) is 0 Å². The third-order valence-corrected chi connectivity index (χ3v) is 4.51. The molecule has 1 amide bonds. The van der Waals surface area contributed by atoms with Gasteiger partial charge in [0.1, 0.15) is 12.1 Å². The fourth-order valence-electron chi connectivity index (χ4n) is 3.01. The third-order valence-electron chi connectivity index (χ3n) is 4.51. The van der Waals surface area contributed by atoms with Crippen molar-refractivity contribution in [3.05, 3.63) is 28.7 Å². The number of ether oxygens (including phenoxy) is 1. The molecule has 26 heavy (non-hydrogen) atoms. The molecule has 1 aromatic carbocycles. The molecule has 1 unspecified atom stereocenters. The average Bonchev–Trinajstić information content (AvgIpc) is 3.17. The number of rotatable bonds is 7. The molecule has 9 heteroatoms. The van der Waals surface area contributed by atoms with E-state index in [0.29, 0.717) is 36.3 Å². The van der Waals surface area contributed by atoms with Crippen LogP contribution in [0.1, 0.15) is 19.8 Å². The predicted molar refractivity (Wildman–Crippen MR) is 95.0 cm³/mol. The van der Waals surface area contributed by atoms with Crippen molar-refractivity contribution in [3.8, 4) is 0 Å². The molecule has 0 bridgehead atoms. The summed E-state index contributed by atoms with van der Waals surface area (Å²) in [6.07, 6.45) is -0.354. The number of aromatic nitrogens is 1. The minimum Gasteiger partial charge on any atom is -0.442 e. The summed E-state index contributed by atoms with van der Waals surface area (Å²) in [6.45, 7) is 2.80. The van der Waals surface area contributed by atoms with Crippen molar-refractivity contribution in [2.45, 2.75) is 38.5 Å². The van der Waals surface area contributed by atoms with Crippen LogP contribution < -0.4 is 22.1 Å². The molecule has 0 radical (unpaired) electrons. The van der Waals surface area contributed by atoms with Gasteiger partial charge < -0.3 is 20.6 Å². The van der Waals surface area contributed by atoms with E-state index in [4.69, 9.17) is 20.6 Å². The van der Waals surface area contributed by atoms with Gasteiger partial charge in [0, 0.05) is 19.0 Å². The molecule has 3 rings (SSSR count). The molecule has 4 N–H and O–H groups in total. The number of cyclic esters (lactones) is 1. The topological polar surface area (TPSA) is 134 Å². The first-order valence-corrected chi connectivity index (χ1v) is 8.56. The Morgan fingerprint density at radius 3 is 2.85 bits per heavy atom. The van der Waals surface area contributed by atoms with E-state index in [1.54, 1.807) is 25.1 Å². The lowest BCUT2D eigenvalue weighted by atomic mass is 10.1. The van der Waals surface area contributed by atoms with Gasteiger partial charge in [0.2, 0.25) is 0 Å². The molecule has 2 heterocycles. The van der Waals surface area contributed by atoms with Gasteiger partial charge in [0.25, 0.3) is 0 Å². The number of oxazole rings is 1. The Labute approximate surface area is 149 Å². The minimum absolute atomic E-state index is 0.162. The van der Waals surface area contributed by atoms with Gasteiger partial charge in [0.15, 0.2) is 11.4 Å². The highest BCUT2D eigenvalue weighted by Gasteiger charge is 2.38. The first-order valence-electron chi connectivity index (χ1n) is 8.56. The fraction of sp³-hybridized carbons (Fsp3) is 0.471. The standard InChI is InChI=1S/C17H22N4O5/c1-2-12(22)15(19)14-9-21(17(24)26-14)10-4-5-11-13(8-10)25-16(23)20(11)7-3-6-18/h4-5,8,14-15H,2-3,6-7,9,18-19H2,1H3/t14-,15?/m0/s1. The van der Waals surface area contributed by atoms with Crippen molar-refractivity contribution < 1.29 is 18.7 Å². The van der Waals surface area contributed by atoms with Gasteiger partial charge in [-0.25, -0.2) is 9.59 Å². The van der Waals surface area contributed by atoms with E-state index in [-0.39, 0.29) is 18.7 Å². The zero-order valence-electron chi connectivity index (χ0n) is 14.5. The molecule has 9 nitrogen and oxygen atoms in total. The monoisotopic (exact) mass is 362 g/mol. The number of nitrogens with two attached hydrogens (primary N) is 2. The maximum absolute atomic E-state index is 12.2. The molecule has 0 saturated carbocycles. The fourth-order valence-corrected chi connectivity index (χ4v) is 3.01. The Balaban J connectivity index is 1.85. The Morgan fingerprint density at radius 2 is 2.15 bits per heavy atom. The number of fused-ring (bicyclic) bond motifs is 1. The van der Waals surface area contributed by atoms with Gasteiger partial charge in [-0.1, -0.05) is 6.92 Å². The van der Waals surface area contributed by atoms with E-state index < -0.39 is 24.0 Å². The maximum Gasteiger partial charge on any atom is 0.419 e. The van der Waals surface area contributed by atoms with Gasteiger partial charge in [-0.2, -0.15) is 0 Å². The van der Waals surface area contributed by atoms with Gasteiger partial charge in [-0.15, -0.1) is 0 Å². The van der Waals surface area contributed by atoms with Crippen molar-refractivity contribution in [2.24, 2.45) is 11.5 Å². The summed E-state index contributed by atoms with van der Waals surface area (Å²) in [5.74, 6) is -0.633. The summed E-state index contributed by atoms with van der Waals surface area (Å²) < 4.78 is 12.0. The van der Waals surface area contributed by atoms with E-state index in [2.05, 4.69) is 0 Å². The number of hydrogen-bond acceptors (Lipinski definition) is 7.